The molecule has 13 heavy (non-hydrogen) atoms. The van der Waals surface area contributed by atoms with Crippen molar-refractivity contribution in [1.29, 1.82) is 0 Å². The first kappa shape index (κ1) is 9.04. The van der Waals surface area contributed by atoms with Crippen molar-refractivity contribution in [2.75, 3.05) is 7.05 Å². The quantitative estimate of drug-likeness (QED) is 0.766. The van der Waals surface area contributed by atoms with E-state index in [2.05, 4.69) is 18.3 Å². The Balaban J connectivity index is 2.41. The standard InChI is InChI=1S/C11H14ClN/c1-8-7-9(12)3-4-10(8)11(13-2)5-6-11/h3-4,7,13H,5-6H2,1-2H3. The molecule has 0 unspecified atom stereocenters. The van der Waals surface area contributed by atoms with Crippen LogP contribution >= 0.6 is 11.6 Å². The largest absolute Gasteiger partial charge is 0.310 e. The summed E-state index contributed by atoms with van der Waals surface area (Å²) in [6, 6.07) is 6.15. The van der Waals surface area contributed by atoms with E-state index in [1.807, 2.05) is 19.2 Å². The number of nitrogens with one attached hydrogen (secondary N) is 1. The Hall–Kier alpha value is -0.530. The molecule has 0 saturated heterocycles. The van der Waals surface area contributed by atoms with Crippen molar-refractivity contribution in [3.05, 3.63) is 34.3 Å². The summed E-state index contributed by atoms with van der Waals surface area (Å²) in [5.74, 6) is 0. The maximum absolute atomic E-state index is 5.91. The zero-order valence-corrected chi connectivity index (χ0v) is 8.78. The third-order valence-electron chi connectivity index (χ3n) is 2.93. The summed E-state index contributed by atoms with van der Waals surface area (Å²) in [6.45, 7) is 2.12. The second-order valence-electron chi connectivity index (χ2n) is 3.79. The molecule has 2 heteroatoms. The fraction of sp³-hybridized carbons (Fsp3) is 0.455. The summed E-state index contributed by atoms with van der Waals surface area (Å²) in [6.07, 6.45) is 2.48. The fourth-order valence-electron chi connectivity index (χ4n) is 1.94. The summed E-state index contributed by atoms with van der Waals surface area (Å²) in [5, 5.41) is 4.21. The minimum absolute atomic E-state index is 0.259. The van der Waals surface area contributed by atoms with E-state index in [4.69, 9.17) is 11.6 Å². The molecule has 0 amide bonds. The highest BCUT2D eigenvalue weighted by Gasteiger charge is 2.43. The molecule has 1 saturated carbocycles. The van der Waals surface area contributed by atoms with Crippen LogP contribution < -0.4 is 5.32 Å². The van der Waals surface area contributed by atoms with Crippen LogP contribution in [0.15, 0.2) is 18.2 Å². The maximum Gasteiger partial charge on any atom is 0.0436 e. The Kier molecular flexibility index (Phi) is 2.09. The van der Waals surface area contributed by atoms with E-state index in [-0.39, 0.29) is 5.54 Å². The lowest BCUT2D eigenvalue weighted by Gasteiger charge is -2.17. The van der Waals surface area contributed by atoms with Crippen LogP contribution in [-0.4, -0.2) is 7.05 Å². The number of benzene rings is 1. The second-order valence-corrected chi connectivity index (χ2v) is 4.23. The third-order valence-corrected chi connectivity index (χ3v) is 3.17. The van der Waals surface area contributed by atoms with Crippen molar-refractivity contribution < 1.29 is 0 Å². The fourth-order valence-corrected chi connectivity index (χ4v) is 2.17. The number of aryl methyl sites for hydroxylation is 1. The third kappa shape index (κ3) is 1.47. The lowest BCUT2D eigenvalue weighted by atomic mass is 9.99. The Morgan fingerprint density at radius 3 is 2.54 bits per heavy atom. The molecule has 0 bridgehead atoms. The Morgan fingerprint density at radius 1 is 1.38 bits per heavy atom. The van der Waals surface area contributed by atoms with E-state index in [0.29, 0.717) is 0 Å². The molecule has 0 spiro atoms. The van der Waals surface area contributed by atoms with Crippen molar-refractivity contribution in [1.82, 2.24) is 5.32 Å². The Morgan fingerprint density at radius 2 is 2.08 bits per heavy atom. The lowest BCUT2D eigenvalue weighted by Crippen LogP contribution is -2.25. The van der Waals surface area contributed by atoms with Gasteiger partial charge in [0.2, 0.25) is 0 Å². The van der Waals surface area contributed by atoms with Gasteiger partial charge in [0.25, 0.3) is 0 Å². The van der Waals surface area contributed by atoms with Crippen LogP contribution in [0.2, 0.25) is 5.02 Å². The molecule has 1 N–H and O–H groups in total. The van der Waals surface area contributed by atoms with Gasteiger partial charge in [-0.3, -0.25) is 0 Å². The van der Waals surface area contributed by atoms with Crippen LogP contribution in [0, 0.1) is 6.92 Å². The predicted octanol–water partition coefficient (Wildman–Crippen LogP) is 2.86. The number of hydrogen-bond donors (Lipinski definition) is 1. The summed E-state index contributed by atoms with van der Waals surface area (Å²) in [7, 11) is 2.03. The minimum atomic E-state index is 0.259. The first-order valence-corrected chi connectivity index (χ1v) is 5.01. The van der Waals surface area contributed by atoms with Crippen molar-refractivity contribution in [3.63, 3.8) is 0 Å². The Bertz CT molecular complexity index is 329. The monoisotopic (exact) mass is 195 g/mol. The van der Waals surface area contributed by atoms with Gasteiger partial charge in [-0.2, -0.15) is 0 Å². The summed E-state index contributed by atoms with van der Waals surface area (Å²) in [4.78, 5) is 0. The van der Waals surface area contributed by atoms with Crippen LogP contribution in [0.1, 0.15) is 24.0 Å². The smallest absolute Gasteiger partial charge is 0.0436 e. The molecule has 1 aliphatic carbocycles. The molecule has 70 valence electrons. The minimum Gasteiger partial charge on any atom is -0.310 e. The molecule has 0 aromatic heterocycles. The van der Waals surface area contributed by atoms with Gasteiger partial charge < -0.3 is 5.32 Å². The van der Waals surface area contributed by atoms with E-state index < -0.39 is 0 Å². The maximum atomic E-state index is 5.91. The average Bonchev–Trinajstić information content (AvgIpc) is 2.85. The van der Waals surface area contributed by atoms with Crippen molar-refractivity contribution in [3.8, 4) is 0 Å². The van der Waals surface area contributed by atoms with E-state index in [1.54, 1.807) is 0 Å². The molecular formula is C11H14ClN. The van der Waals surface area contributed by atoms with Crippen molar-refractivity contribution >= 4 is 11.6 Å². The van der Waals surface area contributed by atoms with E-state index in [1.165, 1.54) is 24.0 Å². The topological polar surface area (TPSA) is 12.0 Å². The summed E-state index contributed by atoms with van der Waals surface area (Å²) >= 11 is 5.91. The highest BCUT2D eigenvalue weighted by molar-refractivity contribution is 6.30. The van der Waals surface area contributed by atoms with Crippen molar-refractivity contribution in [2.24, 2.45) is 0 Å². The zero-order chi connectivity index (χ0) is 9.47. The van der Waals surface area contributed by atoms with Crippen LogP contribution in [0.3, 0.4) is 0 Å². The van der Waals surface area contributed by atoms with Gasteiger partial charge in [0.1, 0.15) is 0 Å². The molecule has 1 nitrogen and oxygen atoms in total. The molecule has 1 aliphatic rings. The molecule has 1 aromatic carbocycles. The van der Waals surface area contributed by atoms with E-state index in [0.717, 1.165) is 5.02 Å². The molecule has 0 atom stereocenters. The molecule has 1 fully saturated rings. The first-order valence-electron chi connectivity index (χ1n) is 4.63. The van der Waals surface area contributed by atoms with Crippen LogP contribution in [0.25, 0.3) is 0 Å². The highest BCUT2D eigenvalue weighted by Crippen LogP contribution is 2.46. The van der Waals surface area contributed by atoms with Crippen molar-refractivity contribution in [2.45, 2.75) is 25.3 Å². The number of hydrogen-bond acceptors (Lipinski definition) is 1. The molecule has 0 aliphatic heterocycles. The predicted molar refractivity (Wildman–Crippen MR) is 56.2 cm³/mol. The van der Waals surface area contributed by atoms with Crippen LogP contribution in [0.5, 0.6) is 0 Å². The number of rotatable bonds is 2. The van der Waals surface area contributed by atoms with Gasteiger partial charge in [-0.15, -0.1) is 0 Å². The van der Waals surface area contributed by atoms with Gasteiger partial charge in [0.05, 0.1) is 0 Å². The average molecular weight is 196 g/mol. The van der Waals surface area contributed by atoms with E-state index >= 15 is 0 Å². The number of halogens is 1. The molecule has 0 heterocycles. The zero-order valence-electron chi connectivity index (χ0n) is 8.02. The van der Waals surface area contributed by atoms with Gasteiger partial charge in [0.15, 0.2) is 0 Å². The highest BCUT2D eigenvalue weighted by atomic mass is 35.5. The Labute approximate surface area is 84.1 Å². The lowest BCUT2D eigenvalue weighted by molar-refractivity contribution is 0.582. The summed E-state index contributed by atoms with van der Waals surface area (Å²) < 4.78 is 0. The van der Waals surface area contributed by atoms with Gasteiger partial charge in [-0.1, -0.05) is 17.7 Å². The van der Waals surface area contributed by atoms with E-state index in [9.17, 15) is 0 Å². The molecular weight excluding hydrogens is 182 g/mol. The summed E-state index contributed by atoms with van der Waals surface area (Å²) in [5.41, 5.74) is 2.95. The molecule has 1 aromatic rings. The van der Waals surface area contributed by atoms with Gasteiger partial charge in [-0.25, -0.2) is 0 Å². The SMILES string of the molecule is CNC1(c2ccc(Cl)cc2C)CC1. The van der Waals surface area contributed by atoms with Gasteiger partial charge in [0, 0.05) is 10.6 Å². The van der Waals surface area contributed by atoms with Gasteiger partial charge >= 0.3 is 0 Å². The second kappa shape index (κ2) is 3.00. The normalized spacial score (nSPS) is 18.7. The first-order chi connectivity index (χ1) is 6.18. The molecule has 0 radical (unpaired) electrons. The van der Waals surface area contributed by atoms with Crippen LogP contribution in [0.4, 0.5) is 0 Å². The van der Waals surface area contributed by atoms with Crippen LogP contribution in [-0.2, 0) is 5.54 Å². The molecule has 2 rings (SSSR count). The van der Waals surface area contributed by atoms with Gasteiger partial charge in [-0.05, 0) is 50.1 Å².